The molecule has 0 saturated heterocycles. The maximum Gasteiger partial charge on any atom is 0.267 e. The quantitative estimate of drug-likeness (QED) is 0.664. The molecule has 1 aliphatic rings. The molecule has 2 rings (SSSR count). The first-order valence-electron chi connectivity index (χ1n) is 5.95. The van der Waals surface area contributed by atoms with Gasteiger partial charge in [-0.25, -0.2) is 13.4 Å². The Morgan fingerprint density at radius 2 is 2.05 bits per heavy atom. The van der Waals surface area contributed by atoms with Gasteiger partial charge in [-0.2, -0.15) is 0 Å². The predicted octanol–water partition coefficient (Wildman–Crippen LogP) is 1.81. The molecule has 0 aliphatic carbocycles. The van der Waals surface area contributed by atoms with Crippen molar-refractivity contribution in [1.82, 2.24) is 4.31 Å². The Hall–Kier alpha value is -1.47. The second-order valence-electron chi connectivity index (χ2n) is 4.25. The molecule has 19 heavy (non-hydrogen) atoms. The molecule has 1 aromatic rings. The van der Waals surface area contributed by atoms with Crippen LogP contribution >= 0.6 is 12.2 Å². The number of nitrogens with two attached hydrogens (primary N) is 1. The molecule has 0 fully saturated rings. The maximum atomic E-state index is 12.3. The fourth-order valence-corrected chi connectivity index (χ4v) is 3.41. The largest absolute Gasteiger partial charge is 0.393 e. The summed E-state index contributed by atoms with van der Waals surface area (Å²) in [6.07, 6.45) is 3.48. The average Bonchev–Trinajstić information content (AvgIpc) is 2.36. The minimum absolute atomic E-state index is 0.256. The van der Waals surface area contributed by atoms with E-state index in [0.717, 1.165) is 6.42 Å². The van der Waals surface area contributed by atoms with E-state index in [1.807, 2.05) is 0 Å². The molecule has 0 aromatic heterocycles. The summed E-state index contributed by atoms with van der Waals surface area (Å²) in [5.74, 6) is 0. The maximum absolute atomic E-state index is 12.3. The number of fused-ring (bicyclic) bond motifs is 1. The summed E-state index contributed by atoms with van der Waals surface area (Å²) in [5.41, 5.74) is 5.89. The Kier molecular flexibility index (Phi) is 4.16. The Morgan fingerprint density at radius 1 is 1.32 bits per heavy atom. The molecular formula is C12H15N3O2S2. The molecule has 0 unspecified atom stereocenters. The van der Waals surface area contributed by atoms with Crippen LogP contribution in [0.15, 0.2) is 34.2 Å². The molecule has 0 bridgehead atoms. The number of aliphatic imine (C=N–C) groups is 1. The zero-order valence-corrected chi connectivity index (χ0v) is 12.0. The third kappa shape index (κ3) is 3.10. The van der Waals surface area contributed by atoms with Crippen LogP contribution in [-0.2, 0) is 10.0 Å². The molecule has 102 valence electrons. The van der Waals surface area contributed by atoms with Crippen molar-refractivity contribution in [1.29, 1.82) is 0 Å². The van der Waals surface area contributed by atoms with Gasteiger partial charge >= 0.3 is 0 Å². The van der Waals surface area contributed by atoms with E-state index in [1.165, 1.54) is 10.6 Å². The molecule has 2 N–H and O–H groups in total. The van der Waals surface area contributed by atoms with E-state index in [0.29, 0.717) is 30.1 Å². The van der Waals surface area contributed by atoms with E-state index < -0.39 is 10.0 Å². The molecule has 1 aromatic carbocycles. The number of nitrogens with zero attached hydrogens (tertiary/aromatic N) is 2. The van der Waals surface area contributed by atoms with Gasteiger partial charge in [-0.3, -0.25) is 4.31 Å². The number of hydrogen-bond donors (Lipinski definition) is 1. The smallest absolute Gasteiger partial charge is 0.267 e. The predicted molar refractivity (Wildman–Crippen MR) is 79.1 cm³/mol. The molecule has 5 nitrogen and oxygen atoms in total. The molecular weight excluding hydrogens is 282 g/mol. The standard InChI is InChI=1S/C12H15N3O2S2/c13-12(18)7-3-4-8-15-9-14-10-5-1-2-6-11(10)19(15,16)17/h1-2,5-6,9H,3-4,7-8H2,(H2,13,18). The zero-order valence-electron chi connectivity index (χ0n) is 10.3. The van der Waals surface area contributed by atoms with E-state index in [9.17, 15) is 8.42 Å². The van der Waals surface area contributed by atoms with Crippen LogP contribution in [0, 0.1) is 0 Å². The van der Waals surface area contributed by atoms with E-state index in [-0.39, 0.29) is 4.90 Å². The highest BCUT2D eigenvalue weighted by Crippen LogP contribution is 2.29. The van der Waals surface area contributed by atoms with Gasteiger partial charge < -0.3 is 5.73 Å². The van der Waals surface area contributed by atoms with E-state index >= 15 is 0 Å². The van der Waals surface area contributed by atoms with Gasteiger partial charge in [-0.05, 0) is 31.4 Å². The van der Waals surface area contributed by atoms with Crippen LogP contribution in [0.5, 0.6) is 0 Å². The molecule has 0 atom stereocenters. The van der Waals surface area contributed by atoms with Crippen LogP contribution < -0.4 is 5.73 Å². The fourth-order valence-electron chi connectivity index (χ4n) is 1.84. The van der Waals surface area contributed by atoms with Gasteiger partial charge in [-0.15, -0.1) is 0 Å². The monoisotopic (exact) mass is 297 g/mol. The second kappa shape index (κ2) is 5.66. The second-order valence-corrected chi connectivity index (χ2v) is 6.63. The molecule has 7 heteroatoms. The highest BCUT2D eigenvalue weighted by molar-refractivity contribution is 7.89. The fraction of sp³-hybridized carbons (Fsp3) is 0.333. The Morgan fingerprint density at radius 3 is 2.79 bits per heavy atom. The van der Waals surface area contributed by atoms with Crippen molar-refractivity contribution in [3.05, 3.63) is 24.3 Å². The van der Waals surface area contributed by atoms with Gasteiger partial charge in [0.05, 0.1) is 10.7 Å². The van der Waals surface area contributed by atoms with Crippen molar-refractivity contribution < 1.29 is 8.42 Å². The number of sulfonamides is 1. The summed E-state index contributed by atoms with van der Waals surface area (Å²) >= 11 is 4.78. The van der Waals surface area contributed by atoms with Gasteiger partial charge in [0.25, 0.3) is 10.0 Å². The normalized spacial score (nSPS) is 16.1. The third-order valence-electron chi connectivity index (χ3n) is 2.83. The van der Waals surface area contributed by atoms with Crippen LogP contribution in [0.3, 0.4) is 0 Å². The van der Waals surface area contributed by atoms with Crippen LogP contribution in [0.2, 0.25) is 0 Å². The summed E-state index contributed by atoms with van der Waals surface area (Å²) in [6, 6.07) is 6.72. The first-order chi connectivity index (χ1) is 9.01. The lowest BCUT2D eigenvalue weighted by Crippen LogP contribution is -2.32. The average molecular weight is 297 g/mol. The van der Waals surface area contributed by atoms with Gasteiger partial charge in [0.1, 0.15) is 11.2 Å². The molecule has 0 amide bonds. The summed E-state index contributed by atoms with van der Waals surface area (Å²) in [4.78, 5) is 4.87. The van der Waals surface area contributed by atoms with Crippen molar-refractivity contribution in [3.8, 4) is 0 Å². The number of benzene rings is 1. The van der Waals surface area contributed by atoms with Crippen molar-refractivity contribution in [2.45, 2.75) is 24.2 Å². The van der Waals surface area contributed by atoms with Crippen LogP contribution in [0.25, 0.3) is 0 Å². The zero-order chi connectivity index (χ0) is 13.9. The number of unbranched alkanes of at least 4 members (excludes halogenated alkanes) is 1. The lowest BCUT2D eigenvalue weighted by molar-refractivity contribution is 0.511. The SMILES string of the molecule is NC(=S)CCCCN1C=Nc2ccccc2S1(=O)=O. The van der Waals surface area contributed by atoms with Gasteiger partial charge in [-0.1, -0.05) is 24.4 Å². The van der Waals surface area contributed by atoms with Gasteiger partial charge in [0.15, 0.2) is 0 Å². The summed E-state index contributed by atoms with van der Waals surface area (Å²) in [7, 11) is -3.46. The van der Waals surface area contributed by atoms with E-state index in [4.69, 9.17) is 18.0 Å². The number of hydrogen-bond acceptors (Lipinski definition) is 4. The highest BCUT2D eigenvalue weighted by atomic mass is 32.2. The Bertz CT molecular complexity index is 611. The molecule has 1 aliphatic heterocycles. The summed E-state index contributed by atoms with van der Waals surface area (Å²) < 4.78 is 25.9. The van der Waals surface area contributed by atoms with Crippen molar-refractivity contribution in [2.75, 3.05) is 6.54 Å². The van der Waals surface area contributed by atoms with Gasteiger partial charge in [0, 0.05) is 6.54 Å². The summed E-state index contributed by atoms with van der Waals surface area (Å²) in [6.45, 7) is 0.392. The van der Waals surface area contributed by atoms with E-state index in [2.05, 4.69) is 4.99 Å². The van der Waals surface area contributed by atoms with Crippen molar-refractivity contribution in [3.63, 3.8) is 0 Å². The number of rotatable bonds is 5. The third-order valence-corrected chi connectivity index (χ3v) is 4.83. The highest BCUT2D eigenvalue weighted by Gasteiger charge is 2.27. The van der Waals surface area contributed by atoms with Crippen LogP contribution in [0.4, 0.5) is 5.69 Å². The number of para-hydroxylation sites is 1. The molecule has 0 radical (unpaired) electrons. The van der Waals surface area contributed by atoms with Crippen molar-refractivity contribution >= 4 is 39.3 Å². The van der Waals surface area contributed by atoms with Gasteiger partial charge in [0.2, 0.25) is 0 Å². The first-order valence-corrected chi connectivity index (χ1v) is 7.80. The first kappa shape index (κ1) is 14.0. The van der Waals surface area contributed by atoms with E-state index in [1.54, 1.807) is 24.3 Å². The Balaban J connectivity index is 2.07. The lowest BCUT2D eigenvalue weighted by Gasteiger charge is -2.23. The van der Waals surface area contributed by atoms with Crippen LogP contribution in [0.1, 0.15) is 19.3 Å². The summed E-state index contributed by atoms with van der Waals surface area (Å²) in [5, 5.41) is 0. The minimum atomic E-state index is -3.46. The van der Waals surface area contributed by atoms with Crippen molar-refractivity contribution in [2.24, 2.45) is 10.7 Å². The topological polar surface area (TPSA) is 75.8 Å². The molecule has 1 heterocycles. The van der Waals surface area contributed by atoms with Crippen LogP contribution in [-0.4, -0.2) is 30.6 Å². The lowest BCUT2D eigenvalue weighted by atomic mass is 10.2. The molecule has 0 spiro atoms. The minimum Gasteiger partial charge on any atom is -0.393 e. The Labute approximate surface area is 118 Å². The number of thiocarbonyl (C=S) groups is 1. The molecule has 0 saturated carbocycles.